The molecule has 0 amide bonds. The largest absolute Gasteiger partial charge is 0.347 e. The summed E-state index contributed by atoms with van der Waals surface area (Å²) < 4.78 is -0.837. The van der Waals surface area contributed by atoms with Gasteiger partial charge in [-0.1, -0.05) is 0 Å². The van der Waals surface area contributed by atoms with Crippen LogP contribution in [-0.2, 0) is 4.75 Å². The summed E-state index contributed by atoms with van der Waals surface area (Å²) in [5, 5.41) is 0. The average molecular weight is 246 g/mol. The Balaban J connectivity index is 2.21. The first-order valence-electron chi connectivity index (χ1n) is 5.04. The van der Waals surface area contributed by atoms with Gasteiger partial charge in [0.2, 0.25) is 0 Å². The van der Waals surface area contributed by atoms with Gasteiger partial charge < -0.3 is 15.0 Å². The first-order valence-corrected chi connectivity index (χ1v) is 5.48. The lowest BCUT2D eigenvalue weighted by molar-refractivity contribution is 0.722. The number of imidazole rings is 3. The Morgan fingerprint density at radius 2 is 1.12 bits per heavy atom. The number of hydrogen-bond acceptors (Lipinski definition) is 4. The predicted molar refractivity (Wildman–Crippen MR) is 64.6 cm³/mol. The van der Waals surface area contributed by atoms with E-state index in [0.717, 1.165) is 0 Å². The van der Waals surface area contributed by atoms with E-state index in [9.17, 15) is 0 Å². The van der Waals surface area contributed by atoms with Gasteiger partial charge in [0.15, 0.2) is 4.75 Å². The molecule has 0 bridgehead atoms. The molecule has 0 aliphatic heterocycles. The number of nitrogens with zero attached hydrogens (tertiary/aromatic N) is 3. The van der Waals surface area contributed by atoms with E-state index in [-0.39, 0.29) is 0 Å². The monoisotopic (exact) mass is 246 g/mol. The molecule has 0 radical (unpaired) electrons. The molecule has 0 saturated heterocycles. The van der Waals surface area contributed by atoms with E-state index < -0.39 is 4.75 Å². The van der Waals surface area contributed by atoms with E-state index in [4.69, 9.17) is 12.6 Å². The van der Waals surface area contributed by atoms with Crippen LogP contribution in [0.1, 0.15) is 17.5 Å². The normalized spacial score (nSPS) is 11.8. The standard InChI is InChI=1S/C10H10N6S/c17-10(7-11-1-2-12-7,8-13-3-4-14-8)9-15-5-6-16-9/h1-6,17H,(H,11,12)(H,13,14)(H,15,16). The van der Waals surface area contributed by atoms with Crippen LogP contribution in [0, 0.1) is 0 Å². The molecule has 7 heteroatoms. The zero-order chi connectivity index (χ0) is 11.7. The van der Waals surface area contributed by atoms with Crippen molar-refractivity contribution in [3.8, 4) is 0 Å². The van der Waals surface area contributed by atoms with Crippen molar-refractivity contribution in [2.24, 2.45) is 0 Å². The molecule has 0 spiro atoms. The highest BCUT2D eigenvalue weighted by Gasteiger charge is 2.40. The second kappa shape index (κ2) is 3.77. The highest BCUT2D eigenvalue weighted by Crippen LogP contribution is 2.36. The number of nitrogens with one attached hydrogen (secondary N) is 3. The summed E-state index contributed by atoms with van der Waals surface area (Å²) >= 11 is 4.70. The van der Waals surface area contributed by atoms with Crippen LogP contribution >= 0.6 is 12.6 Å². The van der Waals surface area contributed by atoms with Crippen molar-refractivity contribution in [3.05, 3.63) is 54.7 Å². The molecule has 6 nitrogen and oxygen atoms in total. The van der Waals surface area contributed by atoms with Crippen molar-refractivity contribution in [1.29, 1.82) is 0 Å². The van der Waals surface area contributed by atoms with Crippen LogP contribution < -0.4 is 0 Å². The van der Waals surface area contributed by atoms with Gasteiger partial charge in [-0.05, 0) is 0 Å². The Morgan fingerprint density at radius 3 is 1.35 bits per heavy atom. The quantitative estimate of drug-likeness (QED) is 0.522. The van der Waals surface area contributed by atoms with E-state index in [2.05, 4.69) is 29.9 Å². The lowest BCUT2D eigenvalue weighted by atomic mass is 10.1. The fourth-order valence-electron chi connectivity index (χ4n) is 1.73. The number of thiol groups is 1. The summed E-state index contributed by atoms with van der Waals surface area (Å²) in [6.45, 7) is 0. The van der Waals surface area contributed by atoms with E-state index >= 15 is 0 Å². The van der Waals surface area contributed by atoms with Crippen LogP contribution in [0.3, 0.4) is 0 Å². The lowest BCUT2D eigenvalue weighted by Gasteiger charge is -2.21. The van der Waals surface area contributed by atoms with Gasteiger partial charge in [0, 0.05) is 37.2 Å². The SMILES string of the molecule is SC(c1ncc[nH]1)(c1ncc[nH]1)c1ncc[nH]1. The Kier molecular flexibility index (Phi) is 2.25. The molecule has 0 aliphatic carbocycles. The van der Waals surface area contributed by atoms with Gasteiger partial charge in [-0.25, -0.2) is 15.0 Å². The number of hydrogen-bond donors (Lipinski definition) is 4. The summed E-state index contributed by atoms with van der Waals surface area (Å²) in [6, 6.07) is 0. The van der Waals surface area contributed by atoms with Gasteiger partial charge in [-0.2, -0.15) is 0 Å². The second-order valence-corrected chi connectivity index (χ2v) is 4.19. The zero-order valence-corrected chi connectivity index (χ0v) is 9.65. The number of aromatic nitrogens is 6. The molecule has 17 heavy (non-hydrogen) atoms. The molecule has 3 rings (SSSR count). The Labute approximate surface area is 102 Å². The molecule has 0 fully saturated rings. The summed E-state index contributed by atoms with van der Waals surface area (Å²) in [5.41, 5.74) is 0. The fourth-order valence-corrected chi connectivity index (χ4v) is 2.09. The van der Waals surface area contributed by atoms with E-state index in [1.807, 2.05) is 0 Å². The van der Waals surface area contributed by atoms with Crippen molar-refractivity contribution in [1.82, 2.24) is 29.9 Å². The third kappa shape index (κ3) is 1.47. The third-order valence-corrected chi connectivity index (χ3v) is 3.16. The van der Waals surface area contributed by atoms with Crippen molar-refractivity contribution in [3.63, 3.8) is 0 Å². The molecule has 3 aromatic rings. The highest BCUT2D eigenvalue weighted by molar-refractivity contribution is 7.81. The molecule has 0 aromatic carbocycles. The maximum atomic E-state index is 4.70. The maximum Gasteiger partial charge on any atom is 0.186 e. The van der Waals surface area contributed by atoms with Crippen LogP contribution in [0.25, 0.3) is 0 Å². The minimum atomic E-state index is -0.837. The van der Waals surface area contributed by atoms with Gasteiger partial charge in [0.1, 0.15) is 17.5 Å². The van der Waals surface area contributed by atoms with Gasteiger partial charge in [0.05, 0.1) is 0 Å². The third-order valence-electron chi connectivity index (χ3n) is 2.52. The molecule has 3 aromatic heterocycles. The number of rotatable bonds is 3. The average Bonchev–Trinajstić information content (AvgIpc) is 3.10. The molecule has 86 valence electrons. The Morgan fingerprint density at radius 1 is 0.765 bits per heavy atom. The van der Waals surface area contributed by atoms with Crippen LogP contribution in [0.15, 0.2) is 37.2 Å². The van der Waals surface area contributed by atoms with Crippen LogP contribution in [0.5, 0.6) is 0 Å². The summed E-state index contributed by atoms with van der Waals surface area (Å²) in [5.74, 6) is 1.97. The number of H-pyrrole nitrogens is 3. The molecular weight excluding hydrogens is 236 g/mol. The molecule has 3 N–H and O–H groups in total. The Bertz CT molecular complexity index is 484. The lowest BCUT2D eigenvalue weighted by Crippen LogP contribution is -2.27. The number of aromatic amines is 3. The van der Waals surface area contributed by atoms with Crippen LogP contribution in [0.4, 0.5) is 0 Å². The van der Waals surface area contributed by atoms with Crippen LogP contribution in [0.2, 0.25) is 0 Å². The van der Waals surface area contributed by atoms with Crippen molar-refractivity contribution < 1.29 is 0 Å². The summed E-state index contributed by atoms with van der Waals surface area (Å²) in [6.07, 6.45) is 10.2. The molecular formula is C10H10N6S. The first kappa shape index (κ1) is 10.2. The van der Waals surface area contributed by atoms with Gasteiger partial charge in [-0.3, -0.25) is 0 Å². The second-order valence-electron chi connectivity index (χ2n) is 3.52. The van der Waals surface area contributed by atoms with Crippen molar-refractivity contribution >= 4 is 12.6 Å². The fraction of sp³-hybridized carbons (Fsp3) is 0.100. The molecule has 0 unspecified atom stereocenters. The molecule has 0 saturated carbocycles. The molecule has 0 aliphatic rings. The minimum absolute atomic E-state index is 0.658. The minimum Gasteiger partial charge on any atom is -0.347 e. The molecule has 3 heterocycles. The highest BCUT2D eigenvalue weighted by atomic mass is 32.1. The van der Waals surface area contributed by atoms with E-state index in [0.29, 0.717) is 17.5 Å². The van der Waals surface area contributed by atoms with E-state index in [1.165, 1.54) is 0 Å². The van der Waals surface area contributed by atoms with Gasteiger partial charge >= 0.3 is 0 Å². The van der Waals surface area contributed by atoms with Crippen molar-refractivity contribution in [2.75, 3.05) is 0 Å². The maximum absolute atomic E-state index is 4.70. The van der Waals surface area contributed by atoms with Crippen molar-refractivity contribution in [2.45, 2.75) is 4.75 Å². The Hall–Kier alpha value is -2.02. The van der Waals surface area contributed by atoms with E-state index in [1.54, 1.807) is 37.2 Å². The molecule has 0 atom stereocenters. The summed E-state index contributed by atoms with van der Waals surface area (Å²) in [7, 11) is 0. The van der Waals surface area contributed by atoms with Crippen LogP contribution in [-0.4, -0.2) is 29.9 Å². The first-order chi connectivity index (χ1) is 8.32. The predicted octanol–water partition coefficient (Wildman–Crippen LogP) is 1.08. The summed E-state index contributed by atoms with van der Waals surface area (Å²) in [4.78, 5) is 21.9. The van der Waals surface area contributed by atoms with Gasteiger partial charge in [-0.15, -0.1) is 12.6 Å². The van der Waals surface area contributed by atoms with Gasteiger partial charge in [0.25, 0.3) is 0 Å². The topological polar surface area (TPSA) is 86.0 Å². The zero-order valence-electron chi connectivity index (χ0n) is 8.75. The smallest absolute Gasteiger partial charge is 0.186 e.